The Morgan fingerprint density at radius 1 is 1.25 bits per heavy atom. The van der Waals surface area contributed by atoms with Crippen LogP contribution in [0.3, 0.4) is 0 Å². The van der Waals surface area contributed by atoms with Gasteiger partial charge in [-0.05, 0) is 12.9 Å². The highest BCUT2D eigenvalue weighted by molar-refractivity contribution is 7.76. The van der Waals surface area contributed by atoms with E-state index in [1.165, 1.54) is 0 Å². The molecule has 0 aromatic rings. The highest BCUT2D eigenvalue weighted by Gasteiger charge is 2.70. The van der Waals surface area contributed by atoms with Crippen molar-refractivity contribution in [1.29, 1.82) is 0 Å². The van der Waals surface area contributed by atoms with E-state index in [2.05, 4.69) is 29.7 Å². The first-order valence-electron chi connectivity index (χ1n) is 7.05. The lowest BCUT2D eigenvalue weighted by atomic mass is 8.73. The van der Waals surface area contributed by atoms with Crippen LogP contribution in [-0.2, 0) is 0 Å². The number of hydrogen-bond acceptors (Lipinski definition) is 2. The van der Waals surface area contributed by atoms with Gasteiger partial charge in [0, 0.05) is 84.6 Å². The molecule has 3 atom stereocenters. The predicted octanol–water partition coefficient (Wildman–Crippen LogP) is -2.58. The fraction of sp³-hybridized carbons (Fsp3) is 0.750. The van der Waals surface area contributed by atoms with E-state index in [-0.39, 0.29) is 30.4 Å². The van der Waals surface area contributed by atoms with Crippen LogP contribution in [0.15, 0.2) is 12.4 Å². The topological polar surface area (TPSA) is 6.48 Å². The molecule has 0 bridgehead atoms. The number of rotatable bonds is 5. The monoisotopic (exact) mass is 247 g/mol. The molecule has 2 nitrogen and oxygen atoms in total. The minimum atomic E-state index is -0.568. The van der Waals surface area contributed by atoms with Gasteiger partial charge in [-0.25, -0.2) is 0 Å². The van der Waals surface area contributed by atoms with Crippen LogP contribution in [0.5, 0.6) is 0 Å². The van der Waals surface area contributed by atoms with E-state index in [4.69, 9.17) is 38.7 Å². The zero-order valence-electron chi connectivity index (χ0n) is 12.5. The van der Waals surface area contributed by atoms with Crippen molar-refractivity contribution < 1.29 is 0 Å². The zero-order valence-corrected chi connectivity index (χ0v) is 12.5. The zero-order chi connectivity index (χ0) is 15.2. The van der Waals surface area contributed by atoms with E-state index >= 15 is 0 Å². The summed E-state index contributed by atoms with van der Waals surface area (Å²) in [6.45, 7) is 3.82. The first-order valence-corrected chi connectivity index (χ1v) is 7.05. The van der Waals surface area contributed by atoms with Gasteiger partial charge in [-0.15, -0.1) is 5.11 Å². The van der Waals surface area contributed by atoms with Gasteiger partial charge < -0.3 is 9.80 Å². The third kappa shape index (κ3) is 2.16. The molecule has 85 valence electrons. The van der Waals surface area contributed by atoms with E-state index in [0.717, 1.165) is 0 Å². The van der Waals surface area contributed by atoms with E-state index in [1.807, 2.05) is 13.2 Å². The fourth-order valence-corrected chi connectivity index (χ4v) is 3.92. The average molecular weight is 245 g/mol. The van der Waals surface area contributed by atoms with Crippen LogP contribution in [-0.4, -0.2) is 101 Å². The van der Waals surface area contributed by atoms with E-state index in [0.29, 0.717) is 0 Å². The molecule has 20 heavy (non-hydrogen) atoms. The molecule has 0 aromatic heterocycles. The summed E-state index contributed by atoms with van der Waals surface area (Å²) in [5.74, 6) is 0.193. The SMILES string of the molecule is [B][B]B(B([B])[B])C1(B([B])[B])B(C)C1N1C=CN(C)[C@@H]1C. The maximum atomic E-state index is 6.10. The minimum Gasteiger partial charge on any atom is -0.362 e. The first kappa shape index (κ1) is 16.4. The first-order chi connectivity index (χ1) is 9.29. The smallest absolute Gasteiger partial charge is 0.153 e. The Kier molecular flexibility index (Phi) is 4.62. The summed E-state index contributed by atoms with van der Waals surface area (Å²) in [4.78, 5) is 4.41. The van der Waals surface area contributed by atoms with Crippen molar-refractivity contribution in [3.8, 4) is 0 Å². The van der Waals surface area contributed by atoms with Crippen LogP contribution in [0.25, 0.3) is 0 Å². The highest BCUT2D eigenvalue weighted by atomic mass is 15.4. The standard InChI is InChI=1S/C8H13B10N2/c1-6-19(3)4-5-20(6)7-8(15(7)2,16(10)11)17(14-9)18(12)13/h4-7H,1-3H3/t6-,7?,8?/m0/s1. The molecular formula is C8H13B10N2. The molecule has 0 saturated carbocycles. The summed E-state index contributed by atoms with van der Waals surface area (Å²) in [5, 5.41) is -0.382. The molecule has 1 fully saturated rings. The van der Waals surface area contributed by atoms with Crippen LogP contribution in [0.4, 0.5) is 0 Å². The molecule has 2 unspecified atom stereocenters. The van der Waals surface area contributed by atoms with Crippen molar-refractivity contribution in [3.05, 3.63) is 12.4 Å². The van der Waals surface area contributed by atoms with Crippen molar-refractivity contribution in [2.24, 2.45) is 0 Å². The summed E-state index contributed by atoms with van der Waals surface area (Å²) < 4.78 is 0. The molecule has 0 N–H and O–H groups in total. The van der Waals surface area contributed by atoms with Gasteiger partial charge in [-0.3, -0.25) is 0 Å². The molecule has 0 aliphatic carbocycles. The van der Waals surface area contributed by atoms with Crippen LogP contribution in [0.2, 0.25) is 11.9 Å². The maximum Gasteiger partial charge on any atom is 0.153 e. The van der Waals surface area contributed by atoms with Crippen LogP contribution >= 0.6 is 0 Å². The van der Waals surface area contributed by atoms with Gasteiger partial charge in [0.15, 0.2) is 6.71 Å². The third-order valence-electron chi connectivity index (χ3n) is 5.26. The molecule has 0 amide bonds. The van der Waals surface area contributed by atoms with Gasteiger partial charge in [-0.2, -0.15) is 0 Å². The summed E-state index contributed by atoms with van der Waals surface area (Å²) in [5.41, 5.74) is 0. The van der Waals surface area contributed by atoms with Crippen LogP contribution < -0.4 is 0 Å². The molecular weight excluding hydrogens is 232 g/mol. The quantitative estimate of drug-likeness (QED) is 0.491. The van der Waals surface area contributed by atoms with Gasteiger partial charge in [0.25, 0.3) is 0 Å². The second-order valence-electron chi connectivity index (χ2n) is 6.10. The largest absolute Gasteiger partial charge is 0.362 e. The molecule has 11 radical (unpaired) electrons. The van der Waals surface area contributed by atoms with Crippen molar-refractivity contribution >= 4 is 71.8 Å². The average Bonchev–Trinajstić information content (AvgIpc) is 2.83. The maximum absolute atomic E-state index is 6.10. The molecule has 0 spiro atoms. The second-order valence-corrected chi connectivity index (χ2v) is 6.10. The molecule has 2 heterocycles. The lowest BCUT2D eigenvalue weighted by Crippen LogP contribution is -2.56. The molecule has 12 heteroatoms. The number of nitrogens with zero attached hydrogens (tertiary/aromatic N) is 2. The third-order valence-corrected chi connectivity index (χ3v) is 5.26. The van der Waals surface area contributed by atoms with Crippen LogP contribution in [0.1, 0.15) is 6.92 Å². The predicted molar refractivity (Wildman–Crippen MR) is 98.1 cm³/mol. The van der Waals surface area contributed by atoms with Crippen molar-refractivity contribution in [1.82, 2.24) is 9.80 Å². The lowest BCUT2D eigenvalue weighted by molar-refractivity contribution is 0.194. The van der Waals surface area contributed by atoms with Gasteiger partial charge >= 0.3 is 0 Å². The Morgan fingerprint density at radius 2 is 1.85 bits per heavy atom. The summed E-state index contributed by atoms with van der Waals surface area (Å²) in [6, 6.07) is 0. The van der Waals surface area contributed by atoms with E-state index in [9.17, 15) is 0 Å². The number of hydrogen-bond donors (Lipinski definition) is 0. The molecule has 2 rings (SSSR count). The normalized spacial score (nSPS) is 31.4. The van der Waals surface area contributed by atoms with Gasteiger partial charge in [0.2, 0.25) is 0 Å². The highest BCUT2D eigenvalue weighted by Crippen LogP contribution is 2.58. The lowest BCUT2D eigenvalue weighted by Gasteiger charge is -2.38. The Hall–Kier alpha value is -0.0106. The van der Waals surface area contributed by atoms with Gasteiger partial charge in [0.1, 0.15) is 0 Å². The van der Waals surface area contributed by atoms with Crippen molar-refractivity contribution in [3.63, 3.8) is 0 Å². The Bertz CT molecular complexity index is 391. The molecule has 2 aliphatic heterocycles. The van der Waals surface area contributed by atoms with Gasteiger partial charge in [-0.1, -0.05) is 6.82 Å². The van der Waals surface area contributed by atoms with E-state index in [1.54, 1.807) is 7.06 Å². The minimum absolute atomic E-state index is 0.193. The summed E-state index contributed by atoms with van der Waals surface area (Å²) in [6.07, 6.45) is 3.81. The summed E-state index contributed by atoms with van der Waals surface area (Å²) in [7, 11) is 33.4. The Morgan fingerprint density at radius 3 is 2.20 bits per heavy atom. The Labute approximate surface area is 132 Å². The molecule has 2 aliphatic rings. The summed E-state index contributed by atoms with van der Waals surface area (Å²) >= 11 is 0. The second kappa shape index (κ2) is 5.65. The molecule has 0 aromatic carbocycles. The fourth-order valence-electron chi connectivity index (χ4n) is 3.92. The van der Waals surface area contributed by atoms with Crippen molar-refractivity contribution in [2.75, 3.05) is 7.05 Å². The van der Waals surface area contributed by atoms with E-state index < -0.39 is 12.9 Å². The Balaban J connectivity index is 2.30. The van der Waals surface area contributed by atoms with Crippen molar-refractivity contribution in [2.45, 2.75) is 31.0 Å². The van der Waals surface area contributed by atoms with Crippen LogP contribution in [0, 0.1) is 0 Å². The molecule has 1 saturated heterocycles. The van der Waals surface area contributed by atoms with Gasteiger partial charge in [0.05, 0.1) is 6.17 Å².